The summed E-state index contributed by atoms with van der Waals surface area (Å²) in [6.45, 7) is 6.37. The van der Waals surface area contributed by atoms with Crippen LogP contribution in [0.25, 0.3) is 33.5 Å². The minimum Gasteiger partial charge on any atom is -0.465 e. The molecule has 2 heterocycles. The van der Waals surface area contributed by atoms with Gasteiger partial charge in [-0.2, -0.15) is 10.2 Å². The number of ether oxygens (including phenoxy) is 5. The van der Waals surface area contributed by atoms with E-state index in [-0.39, 0.29) is 25.4 Å². The number of carbonyl (C=O) groups excluding carboxylic acids is 2. The molecule has 262 valence electrons. The van der Waals surface area contributed by atoms with E-state index in [1.807, 2.05) is 55.5 Å². The van der Waals surface area contributed by atoms with Crippen molar-refractivity contribution < 1.29 is 43.2 Å². The summed E-state index contributed by atoms with van der Waals surface area (Å²) in [5.74, 6) is -2.00. The van der Waals surface area contributed by atoms with E-state index in [9.17, 15) is 19.7 Å². The van der Waals surface area contributed by atoms with Gasteiger partial charge in [0.25, 0.3) is 16.9 Å². The molecule has 17 heteroatoms. The van der Waals surface area contributed by atoms with Crippen LogP contribution in [-0.2, 0) is 30.3 Å². The minimum atomic E-state index is -1.72. The van der Waals surface area contributed by atoms with Crippen molar-refractivity contribution >= 4 is 23.2 Å². The first-order chi connectivity index (χ1) is 24.0. The Hall–Kier alpha value is -6.10. The Kier molecular flexibility index (Phi) is 11.2. The van der Waals surface area contributed by atoms with Gasteiger partial charge in [-0.15, -0.1) is 20.3 Å². The van der Waals surface area contributed by atoms with Crippen molar-refractivity contribution in [3.05, 3.63) is 88.0 Å². The average Bonchev–Trinajstić information content (AvgIpc) is 3.73. The number of tetrazole rings is 1. The van der Waals surface area contributed by atoms with Crippen LogP contribution in [0.1, 0.15) is 43.6 Å². The van der Waals surface area contributed by atoms with Crippen LogP contribution in [0.15, 0.2) is 66.7 Å². The van der Waals surface area contributed by atoms with E-state index < -0.39 is 29.1 Å². The van der Waals surface area contributed by atoms with Crippen LogP contribution in [-0.4, -0.2) is 85.7 Å². The second-order valence-electron chi connectivity index (χ2n) is 11.3. The van der Waals surface area contributed by atoms with E-state index in [1.54, 1.807) is 22.8 Å². The Morgan fingerprint density at radius 2 is 1.76 bits per heavy atom. The Balaban J connectivity index is 1.29. The molecule has 2 aromatic heterocycles. The van der Waals surface area contributed by atoms with Gasteiger partial charge >= 0.3 is 12.1 Å². The number of fused-ring (bicyclic) bond motifs is 1. The summed E-state index contributed by atoms with van der Waals surface area (Å²) in [5, 5.41) is 23.8. The van der Waals surface area contributed by atoms with Gasteiger partial charge in [-0.05, 0) is 47.9 Å². The highest BCUT2D eigenvalue weighted by Gasteiger charge is 2.31. The maximum Gasteiger partial charge on any atom is 0.511 e. The first-order valence-corrected chi connectivity index (χ1v) is 15.6. The lowest BCUT2D eigenvalue weighted by atomic mass is 9.98. The Labute approximate surface area is 285 Å². The second-order valence-corrected chi connectivity index (χ2v) is 11.3. The molecule has 0 radical (unpaired) electrons. The summed E-state index contributed by atoms with van der Waals surface area (Å²) in [6, 6.07) is 21.0. The van der Waals surface area contributed by atoms with E-state index in [4.69, 9.17) is 23.7 Å². The van der Waals surface area contributed by atoms with Crippen molar-refractivity contribution in [2.24, 2.45) is 0 Å². The quantitative estimate of drug-likeness (QED) is 0.0477. The number of esters is 1. The largest absolute Gasteiger partial charge is 0.511 e. The molecule has 5 aromatic rings. The molecule has 0 aliphatic carbocycles. The van der Waals surface area contributed by atoms with Crippen LogP contribution < -0.4 is 4.74 Å². The number of carbonyl (C=O) groups is 2. The standard InChI is InChI=1S/C33H35N7O10/c1-5-46-31-34-27-12-8-11-26(30(41)48-33(3,4)49-32(42)47-18-17-45-20-21(2)50-40(43)44)28(27)39(31)19-22-13-15-23(16-14-22)24-9-6-7-10-25(24)29-35-37-38-36-29/h6-16,21H,5,17-20H2,1-4H3,(H,35,36,37,38)/t21-/m0/s1. The molecule has 50 heavy (non-hydrogen) atoms. The number of imidazole rings is 1. The van der Waals surface area contributed by atoms with Gasteiger partial charge in [0.1, 0.15) is 12.7 Å². The highest BCUT2D eigenvalue weighted by molar-refractivity contribution is 6.02. The Morgan fingerprint density at radius 3 is 2.46 bits per heavy atom. The highest BCUT2D eigenvalue weighted by Crippen LogP contribution is 2.31. The van der Waals surface area contributed by atoms with Crippen molar-refractivity contribution in [3.8, 4) is 28.5 Å². The van der Waals surface area contributed by atoms with Crippen LogP contribution in [0.3, 0.4) is 0 Å². The lowest BCUT2D eigenvalue weighted by Crippen LogP contribution is -2.34. The number of hydrogen-bond acceptors (Lipinski definition) is 14. The normalized spacial score (nSPS) is 11.9. The summed E-state index contributed by atoms with van der Waals surface area (Å²) in [6.07, 6.45) is -1.90. The van der Waals surface area contributed by atoms with Crippen LogP contribution in [0.4, 0.5) is 4.79 Å². The third kappa shape index (κ3) is 8.87. The fraction of sp³-hybridized carbons (Fsp3) is 0.333. The average molecular weight is 690 g/mol. The molecule has 3 aromatic carbocycles. The highest BCUT2D eigenvalue weighted by atomic mass is 17.0. The number of hydrogen-bond donors (Lipinski definition) is 1. The summed E-state index contributed by atoms with van der Waals surface area (Å²) in [4.78, 5) is 45.2. The monoisotopic (exact) mass is 689 g/mol. The van der Waals surface area contributed by atoms with Crippen molar-refractivity contribution in [1.29, 1.82) is 0 Å². The molecule has 0 amide bonds. The molecule has 5 rings (SSSR count). The van der Waals surface area contributed by atoms with E-state index in [1.165, 1.54) is 20.8 Å². The molecule has 1 N–H and O–H groups in total. The second kappa shape index (κ2) is 15.9. The molecule has 0 saturated heterocycles. The number of rotatable bonds is 16. The SMILES string of the molecule is CCOc1nc2cccc(C(=O)OC(C)(C)OC(=O)OCCOC[C@H](C)O[N+](=O)[O-])c2n1Cc1ccc(-c2ccccc2-c2nn[nH]n2)cc1. The molecule has 0 bridgehead atoms. The summed E-state index contributed by atoms with van der Waals surface area (Å²) >= 11 is 0. The number of benzene rings is 3. The van der Waals surface area contributed by atoms with Crippen molar-refractivity contribution in [2.75, 3.05) is 26.4 Å². The molecule has 1 atom stereocenters. The maximum absolute atomic E-state index is 13.6. The lowest BCUT2D eigenvalue weighted by molar-refractivity contribution is -0.768. The van der Waals surface area contributed by atoms with Gasteiger partial charge in [0.2, 0.25) is 5.82 Å². The lowest BCUT2D eigenvalue weighted by Gasteiger charge is -2.24. The first kappa shape index (κ1) is 35.2. The van der Waals surface area contributed by atoms with Gasteiger partial charge in [-0.25, -0.2) is 9.59 Å². The summed E-state index contributed by atoms with van der Waals surface area (Å²) in [5.41, 5.74) is 4.77. The molecular formula is C33H35N7O10. The predicted octanol–water partition coefficient (Wildman–Crippen LogP) is 4.99. The number of aromatic amines is 1. The number of para-hydroxylation sites is 1. The van der Waals surface area contributed by atoms with Crippen LogP contribution >= 0.6 is 0 Å². The minimum absolute atomic E-state index is 0.0643. The number of aromatic nitrogens is 6. The van der Waals surface area contributed by atoms with E-state index in [0.717, 1.165) is 22.3 Å². The predicted molar refractivity (Wildman–Crippen MR) is 175 cm³/mol. The van der Waals surface area contributed by atoms with E-state index in [0.29, 0.717) is 36.0 Å². The Morgan fingerprint density at radius 1 is 1.00 bits per heavy atom. The summed E-state index contributed by atoms with van der Waals surface area (Å²) < 4.78 is 28.7. The number of nitrogens with zero attached hydrogens (tertiary/aromatic N) is 6. The zero-order valence-electron chi connectivity index (χ0n) is 27.7. The van der Waals surface area contributed by atoms with Crippen LogP contribution in [0, 0.1) is 10.1 Å². The van der Waals surface area contributed by atoms with Crippen LogP contribution in [0.2, 0.25) is 0 Å². The van der Waals surface area contributed by atoms with E-state index in [2.05, 4.69) is 30.4 Å². The third-order valence-electron chi connectivity index (χ3n) is 7.08. The van der Waals surface area contributed by atoms with Gasteiger partial charge in [0, 0.05) is 19.4 Å². The van der Waals surface area contributed by atoms with Gasteiger partial charge in [-0.1, -0.05) is 54.6 Å². The fourth-order valence-corrected chi connectivity index (χ4v) is 5.03. The number of H-pyrrole nitrogens is 1. The van der Waals surface area contributed by atoms with Crippen molar-refractivity contribution in [3.63, 3.8) is 0 Å². The molecule has 0 spiro atoms. The topological polar surface area (TPSA) is 205 Å². The molecule has 17 nitrogen and oxygen atoms in total. The molecule has 0 unspecified atom stereocenters. The van der Waals surface area contributed by atoms with Gasteiger partial charge in [-0.3, -0.25) is 4.57 Å². The molecular weight excluding hydrogens is 654 g/mol. The smallest absolute Gasteiger partial charge is 0.465 e. The Bertz CT molecular complexity index is 1930. The molecule has 0 saturated carbocycles. The van der Waals surface area contributed by atoms with Crippen LogP contribution in [0.5, 0.6) is 6.01 Å². The molecule has 0 aliphatic heterocycles. The molecule has 0 aliphatic rings. The zero-order valence-corrected chi connectivity index (χ0v) is 27.7. The third-order valence-corrected chi connectivity index (χ3v) is 7.08. The molecule has 0 fully saturated rings. The van der Waals surface area contributed by atoms with Gasteiger partial charge in [0.15, 0.2) is 0 Å². The maximum atomic E-state index is 13.6. The van der Waals surface area contributed by atoms with E-state index >= 15 is 0 Å². The first-order valence-electron chi connectivity index (χ1n) is 15.6. The zero-order chi connectivity index (χ0) is 35.7. The number of nitrogens with one attached hydrogen (secondary N) is 1. The van der Waals surface area contributed by atoms with Crippen molar-refractivity contribution in [1.82, 2.24) is 30.2 Å². The fourth-order valence-electron chi connectivity index (χ4n) is 5.03. The van der Waals surface area contributed by atoms with Crippen molar-refractivity contribution in [2.45, 2.75) is 46.1 Å². The van der Waals surface area contributed by atoms with Gasteiger partial charge in [0.05, 0.1) is 43.0 Å². The summed E-state index contributed by atoms with van der Waals surface area (Å²) in [7, 11) is 0. The van der Waals surface area contributed by atoms with Gasteiger partial charge < -0.3 is 28.5 Å².